The first kappa shape index (κ1) is 24.1. The van der Waals surface area contributed by atoms with Crippen molar-refractivity contribution < 1.29 is 9.59 Å². The summed E-state index contributed by atoms with van der Waals surface area (Å²) >= 11 is 0. The lowest BCUT2D eigenvalue weighted by Gasteiger charge is -2.26. The Kier molecular flexibility index (Phi) is 7.24. The average molecular weight is 474 g/mol. The number of likely N-dealkylation sites (tertiary alicyclic amines) is 2. The van der Waals surface area contributed by atoms with Crippen molar-refractivity contribution in [3.8, 4) is 0 Å². The second-order valence-electron chi connectivity index (χ2n) is 11.0. The molecule has 0 aromatic heterocycles. The Labute approximate surface area is 209 Å². The van der Waals surface area contributed by atoms with Crippen LogP contribution >= 0.6 is 0 Å². The van der Waals surface area contributed by atoms with E-state index in [1.165, 1.54) is 24.0 Å². The number of nitrogens with zero attached hydrogens (tertiary/aromatic N) is 2. The van der Waals surface area contributed by atoms with Gasteiger partial charge in [0.2, 0.25) is 5.91 Å². The molecule has 2 aromatic carbocycles. The number of aryl methyl sites for hydroxylation is 1. The molecule has 35 heavy (non-hydrogen) atoms. The maximum absolute atomic E-state index is 13.2. The summed E-state index contributed by atoms with van der Waals surface area (Å²) in [5.41, 5.74) is 4.33. The molecule has 2 unspecified atom stereocenters. The van der Waals surface area contributed by atoms with Crippen LogP contribution < -0.4 is 5.32 Å². The van der Waals surface area contributed by atoms with Crippen LogP contribution in [0.2, 0.25) is 0 Å². The molecule has 5 nitrogen and oxygen atoms in total. The van der Waals surface area contributed by atoms with Crippen molar-refractivity contribution >= 4 is 11.8 Å². The lowest BCUT2D eigenvalue weighted by atomic mass is 10.0. The lowest BCUT2D eigenvalue weighted by Crippen LogP contribution is -2.36. The molecule has 0 spiro atoms. The van der Waals surface area contributed by atoms with Crippen LogP contribution in [0.4, 0.5) is 0 Å². The molecular weight excluding hydrogens is 434 g/mol. The van der Waals surface area contributed by atoms with Gasteiger partial charge in [0.1, 0.15) is 0 Å². The molecule has 5 rings (SSSR count). The molecule has 1 N–H and O–H groups in total. The van der Waals surface area contributed by atoms with Gasteiger partial charge in [0.25, 0.3) is 5.91 Å². The Morgan fingerprint density at radius 2 is 1.60 bits per heavy atom. The van der Waals surface area contributed by atoms with E-state index in [1.54, 1.807) is 0 Å². The van der Waals surface area contributed by atoms with Gasteiger partial charge in [-0.2, -0.15) is 0 Å². The molecule has 1 saturated carbocycles. The minimum absolute atomic E-state index is 0.0621. The zero-order valence-electron chi connectivity index (χ0n) is 21.2. The number of benzene rings is 2. The fourth-order valence-electron chi connectivity index (χ4n) is 6.39. The van der Waals surface area contributed by atoms with Crippen LogP contribution in [0.25, 0.3) is 0 Å². The number of carbonyl (C=O) groups excluding carboxylic acids is 2. The first-order valence-electron chi connectivity index (χ1n) is 13.4. The van der Waals surface area contributed by atoms with Gasteiger partial charge in [0.15, 0.2) is 0 Å². The molecule has 0 radical (unpaired) electrons. The van der Waals surface area contributed by atoms with Crippen molar-refractivity contribution in [2.45, 2.75) is 52.0 Å². The molecule has 0 bridgehead atoms. The minimum Gasteiger partial charge on any atom is -0.349 e. The number of nitrogens with one attached hydrogen (secondary N) is 1. The van der Waals surface area contributed by atoms with Crippen LogP contribution in [0.1, 0.15) is 65.2 Å². The van der Waals surface area contributed by atoms with E-state index < -0.39 is 0 Å². The smallest absolute Gasteiger partial charge is 0.254 e. The van der Waals surface area contributed by atoms with Crippen LogP contribution in [0.15, 0.2) is 48.5 Å². The molecule has 3 fully saturated rings. The third-order valence-corrected chi connectivity index (χ3v) is 8.66. The number of rotatable bonds is 7. The second kappa shape index (κ2) is 10.5. The van der Waals surface area contributed by atoms with E-state index >= 15 is 0 Å². The molecule has 2 aliphatic heterocycles. The maximum atomic E-state index is 13.2. The maximum Gasteiger partial charge on any atom is 0.254 e. The van der Waals surface area contributed by atoms with Gasteiger partial charge in [0.05, 0.1) is 6.04 Å². The highest BCUT2D eigenvalue weighted by atomic mass is 16.2. The molecule has 2 aromatic rings. The highest BCUT2D eigenvalue weighted by Gasteiger charge is 2.42. The zero-order valence-corrected chi connectivity index (χ0v) is 21.2. The summed E-state index contributed by atoms with van der Waals surface area (Å²) in [5, 5.41) is 3.38. The molecule has 2 saturated heterocycles. The van der Waals surface area contributed by atoms with E-state index in [9.17, 15) is 9.59 Å². The van der Waals surface area contributed by atoms with E-state index in [2.05, 4.69) is 59.3 Å². The highest BCUT2D eigenvalue weighted by molar-refractivity contribution is 5.96. The summed E-state index contributed by atoms with van der Waals surface area (Å²) in [6.45, 7) is 8.89. The van der Waals surface area contributed by atoms with Crippen molar-refractivity contribution in [1.29, 1.82) is 0 Å². The quantitative estimate of drug-likeness (QED) is 0.632. The van der Waals surface area contributed by atoms with Crippen molar-refractivity contribution in [2.75, 3.05) is 32.7 Å². The Bertz CT molecular complexity index is 1030. The Morgan fingerprint density at radius 1 is 0.914 bits per heavy atom. The van der Waals surface area contributed by atoms with Gasteiger partial charge in [-0.1, -0.05) is 55.3 Å². The van der Waals surface area contributed by atoms with Gasteiger partial charge in [-0.15, -0.1) is 0 Å². The van der Waals surface area contributed by atoms with Crippen molar-refractivity contribution in [1.82, 2.24) is 15.1 Å². The average Bonchev–Trinajstić information content (AvgIpc) is 3.60. The number of amides is 2. The summed E-state index contributed by atoms with van der Waals surface area (Å²) in [6, 6.07) is 16.5. The SMILES string of the molecule is Cc1cccc(C(=O)N2CC3CN(CCC(NC(=O)C4CCCC4)c4ccccc4)C[C@H]3C2)c1C. The van der Waals surface area contributed by atoms with Crippen LogP contribution in [0.3, 0.4) is 0 Å². The Morgan fingerprint density at radius 3 is 2.29 bits per heavy atom. The summed E-state index contributed by atoms with van der Waals surface area (Å²) in [5.74, 6) is 1.70. The number of hydrogen-bond acceptors (Lipinski definition) is 3. The molecule has 2 amide bonds. The van der Waals surface area contributed by atoms with Crippen molar-refractivity contribution in [3.05, 3.63) is 70.8 Å². The van der Waals surface area contributed by atoms with Gasteiger partial charge < -0.3 is 15.1 Å². The molecule has 3 aliphatic rings. The number of hydrogen-bond donors (Lipinski definition) is 1. The summed E-state index contributed by atoms with van der Waals surface area (Å²) in [7, 11) is 0. The van der Waals surface area contributed by atoms with Gasteiger partial charge in [-0.25, -0.2) is 0 Å². The van der Waals surface area contributed by atoms with Crippen LogP contribution in [-0.4, -0.2) is 54.3 Å². The largest absolute Gasteiger partial charge is 0.349 e. The predicted molar refractivity (Wildman–Crippen MR) is 139 cm³/mol. The molecule has 2 heterocycles. The first-order chi connectivity index (χ1) is 17.0. The third kappa shape index (κ3) is 5.30. The topological polar surface area (TPSA) is 52.7 Å². The first-order valence-corrected chi connectivity index (χ1v) is 13.4. The number of carbonyl (C=O) groups is 2. The monoisotopic (exact) mass is 473 g/mol. The van der Waals surface area contributed by atoms with Crippen LogP contribution in [0, 0.1) is 31.6 Å². The van der Waals surface area contributed by atoms with Gasteiger partial charge in [-0.3, -0.25) is 9.59 Å². The Balaban J connectivity index is 1.16. The van der Waals surface area contributed by atoms with Gasteiger partial charge in [-0.05, 0) is 67.7 Å². The molecular formula is C30H39N3O2. The minimum atomic E-state index is 0.0621. The van der Waals surface area contributed by atoms with E-state index in [1.807, 2.05) is 18.2 Å². The molecule has 1 aliphatic carbocycles. The standard InChI is InChI=1S/C30H39N3O2/c1-21-9-8-14-27(22(21)2)30(35)33-19-25-17-32(18-26(25)20-33)16-15-28(23-10-4-3-5-11-23)31-29(34)24-12-6-7-13-24/h3-5,8-11,14,24-26,28H,6-7,12-13,15-20H2,1-2H3,(H,31,34)/t25-,26?,28?/m0/s1. The fourth-order valence-corrected chi connectivity index (χ4v) is 6.39. The summed E-state index contributed by atoms with van der Waals surface area (Å²) in [4.78, 5) is 30.7. The van der Waals surface area contributed by atoms with Crippen LogP contribution in [-0.2, 0) is 4.79 Å². The molecule has 5 heteroatoms. The Hall–Kier alpha value is -2.66. The van der Waals surface area contributed by atoms with Gasteiger partial charge in [0, 0.05) is 44.2 Å². The predicted octanol–water partition coefficient (Wildman–Crippen LogP) is 4.75. The number of fused-ring (bicyclic) bond motifs is 1. The third-order valence-electron chi connectivity index (χ3n) is 8.66. The highest BCUT2D eigenvalue weighted by Crippen LogP contribution is 2.33. The van der Waals surface area contributed by atoms with E-state index in [0.29, 0.717) is 11.8 Å². The van der Waals surface area contributed by atoms with E-state index in [-0.39, 0.29) is 23.8 Å². The van der Waals surface area contributed by atoms with Crippen LogP contribution in [0.5, 0.6) is 0 Å². The van der Waals surface area contributed by atoms with Crippen molar-refractivity contribution in [2.24, 2.45) is 17.8 Å². The van der Waals surface area contributed by atoms with E-state index in [4.69, 9.17) is 0 Å². The summed E-state index contributed by atoms with van der Waals surface area (Å²) < 4.78 is 0. The zero-order chi connectivity index (χ0) is 24.4. The second-order valence-corrected chi connectivity index (χ2v) is 11.0. The van der Waals surface area contributed by atoms with Gasteiger partial charge >= 0.3 is 0 Å². The normalized spacial score (nSPS) is 23.4. The molecule has 186 valence electrons. The fraction of sp³-hybridized carbons (Fsp3) is 0.533. The molecule has 3 atom stereocenters. The van der Waals surface area contributed by atoms with Crippen molar-refractivity contribution in [3.63, 3.8) is 0 Å². The van der Waals surface area contributed by atoms with E-state index in [0.717, 1.165) is 63.1 Å². The summed E-state index contributed by atoms with van der Waals surface area (Å²) in [6.07, 6.45) is 5.33. The lowest BCUT2D eigenvalue weighted by molar-refractivity contribution is -0.125.